The molecule has 7 nitrogen and oxygen atoms in total. The summed E-state index contributed by atoms with van der Waals surface area (Å²) < 4.78 is 11.1. The minimum absolute atomic E-state index is 0.496. The van der Waals surface area contributed by atoms with Crippen molar-refractivity contribution in [2.75, 3.05) is 19.5 Å². The average Bonchev–Trinajstić information content (AvgIpc) is 2.61. The predicted molar refractivity (Wildman–Crippen MR) is 98.1 cm³/mol. The smallest absolute Gasteiger partial charge is 0.329 e. The molecule has 0 fully saturated rings. The fraction of sp³-hybridized carbons (Fsp3) is 0.118. The summed E-state index contributed by atoms with van der Waals surface area (Å²) in [6, 6.07) is 12.0. The second-order valence-electron chi connectivity index (χ2n) is 4.77. The molecule has 8 heteroatoms. The van der Waals surface area contributed by atoms with Crippen molar-refractivity contribution >= 4 is 39.6 Å². The quantitative estimate of drug-likeness (QED) is 0.454. The summed E-state index contributed by atoms with van der Waals surface area (Å²) in [5.74, 6) is -0.553. The van der Waals surface area contributed by atoms with Crippen molar-refractivity contribution in [3.05, 3.63) is 52.5 Å². The minimum atomic E-state index is -0.885. The maximum atomic E-state index is 11.8. The molecule has 0 saturated heterocycles. The molecule has 0 aliphatic heterocycles. The topological polar surface area (TPSA) is 89.0 Å². The zero-order valence-electron chi connectivity index (χ0n) is 13.6. The van der Waals surface area contributed by atoms with Gasteiger partial charge in [0.1, 0.15) is 11.5 Å². The fourth-order valence-corrected chi connectivity index (χ4v) is 2.29. The fourth-order valence-electron chi connectivity index (χ4n) is 1.89. The Morgan fingerprint density at radius 1 is 1.08 bits per heavy atom. The van der Waals surface area contributed by atoms with E-state index in [4.69, 9.17) is 9.47 Å². The Bertz CT molecular complexity index is 808. The first-order valence-electron chi connectivity index (χ1n) is 7.15. The Morgan fingerprint density at radius 3 is 2.56 bits per heavy atom. The number of benzene rings is 2. The normalized spacial score (nSPS) is 10.4. The Kier molecular flexibility index (Phi) is 6.53. The van der Waals surface area contributed by atoms with Crippen LogP contribution in [0.2, 0.25) is 0 Å². The highest BCUT2D eigenvalue weighted by Gasteiger charge is 2.13. The Balaban J connectivity index is 1.97. The molecule has 0 aromatic heterocycles. The molecule has 0 spiro atoms. The van der Waals surface area contributed by atoms with Gasteiger partial charge in [-0.15, -0.1) is 0 Å². The van der Waals surface area contributed by atoms with Crippen LogP contribution in [-0.2, 0) is 9.59 Å². The van der Waals surface area contributed by atoms with E-state index < -0.39 is 11.8 Å². The summed E-state index contributed by atoms with van der Waals surface area (Å²) in [4.78, 5) is 23.6. The van der Waals surface area contributed by atoms with Crippen molar-refractivity contribution in [3.63, 3.8) is 0 Å². The number of hydrogen-bond acceptors (Lipinski definition) is 5. The Hall–Kier alpha value is -2.87. The number of rotatable bonds is 5. The second-order valence-corrected chi connectivity index (χ2v) is 5.69. The van der Waals surface area contributed by atoms with E-state index in [2.05, 4.69) is 31.8 Å². The summed E-state index contributed by atoms with van der Waals surface area (Å²) in [7, 11) is 3.06. The van der Waals surface area contributed by atoms with Crippen molar-refractivity contribution in [3.8, 4) is 11.5 Å². The molecule has 0 atom stereocenters. The van der Waals surface area contributed by atoms with Crippen LogP contribution in [0, 0.1) is 0 Å². The Labute approximate surface area is 153 Å². The summed E-state index contributed by atoms with van der Waals surface area (Å²) in [6.07, 6.45) is 1.38. The maximum Gasteiger partial charge on any atom is 0.329 e. The van der Waals surface area contributed by atoms with Crippen LogP contribution in [0.4, 0.5) is 5.69 Å². The molecule has 0 heterocycles. The lowest BCUT2D eigenvalue weighted by Gasteiger charge is -2.07. The van der Waals surface area contributed by atoms with E-state index in [0.717, 1.165) is 4.47 Å². The number of carbonyl (C=O) groups excluding carboxylic acids is 2. The van der Waals surface area contributed by atoms with Gasteiger partial charge >= 0.3 is 11.8 Å². The van der Waals surface area contributed by atoms with Crippen LogP contribution >= 0.6 is 15.9 Å². The number of carbonyl (C=O) groups is 2. The van der Waals surface area contributed by atoms with E-state index in [1.165, 1.54) is 13.3 Å². The van der Waals surface area contributed by atoms with Crippen LogP contribution in [0.1, 0.15) is 5.56 Å². The van der Waals surface area contributed by atoms with Crippen molar-refractivity contribution in [1.29, 1.82) is 0 Å². The largest absolute Gasteiger partial charge is 0.497 e. The molecule has 2 N–H and O–H groups in total. The molecule has 0 radical (unpaired) electrons. The molecular formula is C17H16BrN3O4. The van der Waals surface area contributed by atoms with Gasteiger partial charge in [0.25, 0.3) is 0 Å². The first kappa shape index (κ1) is 18.5. The van der Waals surface area contributed by atoms with Gasteiger partial charge < -0.3 is 14.8 Å². The summed E-state index contributed by atoms with van der Waals surface area (Å²) in [5, 5.41) is 6.24. The SMILES string of the molecule is COc1ccc(C=NNC(=O)C(=O)Nc2cccc(Br)c2)c(OC)c1. The lowest BCUT2D eigenvalue weighted by Crippen LogP contribution is -2.32. The highest BCUT2D eigenvalue weighted by Crippen LogP contribution is 2.23. The van der Waals surface area contributed by atoms with Crippen LogP contribution in [0.25, 0.3) is 0 Å². The van der Waals surface area contributed by atoms with Crippen LogP contribution in [0.15, 0.2) is 52.0 Å². The minimum Gasteiger partial charge on any atom is -0.497 e. The lowest BCUT2D eigenvalue weighted by molar-refractivity contribution is -0.136. The molecule has 2 rings (SSSR count). The second kappa shape index (κ2) is 8.84. The summed E-state index contributed by atoms with van der Waals surface area (Å²) in [6.45, 7) is 0. The van der Waals surface area contributed by atoms with Crippen molar-refractivity contribution in [2.45, 2.75) is 0 Å². The third-order valence-corrected chi connectivity index (χ3v) is 3.59. The van der Waals surface area contributed by atoms with Gasteiger partial charge in [0.15, 0.2) is 0 Å². The highest BCUT2D eigenvalue weighted by molar-refractivity contribution is 9.10. The van der Waals surface area contributed by atoms with Gasteiger partial charge in [-0.1, -0.05) is 22.0 Å². The van der Waals surface area contributed by atoms with Crippen LogP contribution in [-0.4, -0.2) is 32.2 Å². The van der Waals surface area contributed by atoms with E-state index in [9.17, 15) is 9.59 Å². The molecule has 0 aliphatic carbocycles. The molecular weight excluding hydrogens is 390 g/mol. The highest BCUT2D eigenvalue weighted by atomic mass is 79.9. The lowest BCUT2D eigenvalue weighted by atomic mass is 10.2. The van der Waals surface area contributed by atoms with Gasteiger partial charge in [0.05, 0.1) is 20.4 Å². The number of hydrogen-bond donors (Lipinski definition) is 2. The number of ether oxygens (including phenoxy) is 2. The molecule has 2 aromatic rings. The standard InChI is InChI=1S/C17H16BrN3O4/c1-24-14-7-6-11(15(9-14)25-2)10-19-21-17(23)16(22)20-13-5-3-4-12(18)8-13/h3-10H,1-2H3,(H,20,22)(H,21,23). The summed E-state index contributed by atoms with van der Waals surface area (Å²) >= 11 is 3.28. The number of nitrogens with one attached hydrogen (secondary N) is 2. The van der Waals surface area contributed by atoms with Crippen LogP contribution in [0.5, 0.6) is 11.5 Å². The van der Waals surface area contributed by atoms with Crippen molar-refractivity contribution in [2.24, 2.45) is 5.10 Å². The number of amides is 2. The van der Waals surface area contributed by atoms with E-state index >= 15 is 0 Å². The zero-order valence-corrected chi connectivity index (χ0v) is 15.2. The third-order valence-electron chi connectivity index (χ3n) is 3.10. The van der Waals surface area contributed by atoms with E-state index in [0.29, 0.717) is 22.7 Å². The van der Waals surface area contributed by atoms with E-state index in [1.807, 2.05) is 6.07 Å². The van der Waals surface area contributed by atoms with Gasteiger partial charge in [-0.05, 0) is 30.3 Å². The maximum absolute atomic E-state index is 11.8. The average molecular weight is 406 g/mol. The van der Waals surface area contributed by atoms with Crippen LogP contribution < -0.4 is 20.2 Å². The molecule has 2 aromatic carbocycles. The number of hydrazone groups is 1. The summed E-state index contributed by atoms with van der Waals surface area (Å²) in [5.41, 5.74) is 3.28. The number of methoxy groups -OCH3 is 2. The van der Waals surface area contributed by atoms with Gasteiger partial charge in [0.2, 0.25) is 0 Å². The number of anilines is 1. The van der Waals surface area contributed by atoms with Gasteiger partial charge in [-0.3, -0.25) is 9.59 Å². The monoisotopic (exact) mass is 405 g/mol. The Morgan fingerprint density at radius 2 is 1.88 bits per heavy atom. The molecule has 25 heavy (non-hydrogen) atoms. The zero-order chi connectivity index (χ0) is 18.2. The van der Waals surface area contributed by atoms with Crippen molar-refractivity contribution in [1.82, 2.24) is 5.43 Å². The van der Waals surface area contributed by atoms with Crippen LogP contribution in [0.3, 0.4) is 0 Å². The first-order valence-corrected chi connectivity index (χ1v) is 7.94. The number of halogens is 1. The van der Waals surface area contributed by atoms with E-state index in [-0.39, 0.29) is 0 Å². The molecule has 0 aliphatic rings. The molecule has 2 amide bonds. The number of nitrogens with zero attached hydrogens (tertiary/aromatic N) is 1. The van der Waals surface area contributed by atoms with Gasteiger partial charge in [-0.25, -0.2) is 5.43 Å². The predicted octanol–water partition coefficient (Wildman–Crippen LogP) is 2.56. The van der Waals surface area contributed by atoms with Gasteiger partial charge in [-0.2, -0.15) is 5.10 Å². The van der Waals surface area contributed by atoms with Crippen molar-refractivity contribution < 1.29 is 19.1 Å². The van der Waals surface area contributed by atoms with Gasteiger partial charge in [0, 0.05) is 21.8 Å². The third kappa shape index (κ3) is 5.32. The molecule has 130 valence electrons. The molecule has 0 saturated carbocycles. The molecule has 0 unspecified atom stereocenters. The molecule has 0 bridgehead atoms. The van der Waals surface area contributed by atoms with E-state index in [1.54, 1.807) is 43.5 Å². The first-order chi connectivity index (χ1) is 12.0.